The summed E-state index contributed by atoms with van der Waals surface area (Å²) in [6.45, 7) is 3.85. The number of aromatic nitrogens is 2. The van der Waals surface area contributed by atoms with Crippen molar-refractivity contribution in [2.75, 3.05) is 0 Å². The van der Waals surface area contributed by atoms with Crippen LogP contribution in [0.25, 0.3) is 15.9 Å². The van der Waals surface area contributed by atoms with Crippen molar-refractivity contribution in [2.45, 2.75) is 19.9 Å². The largest absolute Gasteiger partial charge is 0.508 e. The highest BCUT2D eigenvalue weighted by molar-refractivity contribution is 7.20. The van der Waals surface area contributed by atoms with Gasteiger partial charge in [0, 0.05) is 5.39 Å². The molecule has 0 spiro atoms. The van der Waals surface area contributed by atoms with Gasteiger partial charge in [-0.05, 0) is 49.7 Å². The summed E-state index contributed by atoms with van der Waals surface area (Å²) >= 11 is 1.43. The van der Waals surface area contributed by atoms with Crippen LogP contribution in [-0.2, 0) is 0 Å². The number of para-hydroxylation sites is 1. The van der Waals surface area contributed by atoms with Gasteiger partial charge < -0.3 is 10.4 Å². The van der Waals surface area contributed by atoms with Crippen molar-refractivity contribution in [3.63, 3.8) is 0 Å². The second-order valence-corrected chi connectivity index (χ2v) is 7.48. The zero-order valence-corrected chi connectivity index (χ0v) is 15.8. The van der Waals surface area contributed by atoms with Crippen molar-refractivity contribution >= 4 is 27.5 Å². The number of carbonyl (C=O) groups excluding carboxylic acids is 1. The molecule has 0 aliphatic rings. The monoisotopic (exact) mass is 377 g/mol. The fourth-order valence-electron chi connectivity index (χ4n) is 3.05. The van der Waals surface area contributed by atoms with Gasteiger partial charge in [-0.1, -0.05) is 30.3 Å². The average molecular weight is 377 g/mol. The number of phenols is 1. The quantitative estimate of drug-likeness (QED) is 0.546. The minimum absolute atomic E-state index is 0.133. The lowest BCUT2D eigenvalue weighted by atomic mass is 10.1. The molecule has 4 aromatic rings. The molecule has 0 saturated heterocycles. The molecule has 2 N–H and O–H groups in total. The lowest BCUT2D eigenvalue weighted by molar-refractivity contribution is 0.0944. The number of benzene rings is 2. The molecule has 2 heterocycles. The third-order valence-electron chi connectivity index (χ3n) is 4.49. The van der Waals surface area contributed by atoms with E-state index < -0.39 is 0 Å². The van der Waals surface area contributed by atoms with E-state index >= 15 is 0 Å². The van der Waals surface area contributed by atoms with E-state index in [0.29, 0.717) is 4.88 Å². The Bertz CT molecular complexity index is 1120. The van der Waals surface area contributed by atoms with Crippen LogP contribution in [0, 0.1) is 6.92 Å². The molecule has 0 saturated carbocycles. The van der Waals surface area contributed by atoms with Crippen molar-refractivity contribution in [3.8, 4) is 11.4 Å². The highest BCUT2D eigenvalue weighted by Gasteiger charge is 2.18. The van der Waals surface area contributed by atoms with E-state index in [1.165, 1.54) is 11.3 Å². The first-order valence-corrected chi connectivity index (χ1v) is 9.49. The Kier molecular flexibility index (Phi) is 4.41. The molecule has 0 aliphatic carbocycles. The average Bonchev–Trinajstić information content (AvgIpc) is 3.23. The number of rotatable bonds is 4. The van der Waals surface area contributed by atoms with Crippen LogP contribution in [0.4, 0.5) is 0 Å². The molecule has 2 aromatic heterocycles. The molecule has 4 rings (SSSR count). The van der Waals surface area contributed by atoms with E-state index in [1.54, 1.807) is 18.2 Å². The number of aromatic hydroxyl groups is 1. The van der Waals surface area contributed by atoms with Crippen LogP contribution in [0.5, 0.6) is 5.75 Å². The fraction of sp³-hybridized carbons (Fsp3) is 0.143. The number of aryl methyl sites for hydroxylation is 1. The van der Waals surface area contributed by atoms with Gasteiger partial charge in [0.25, 0.3) is 5.91 Å². The second-order valence-electron chi connectivity index (χ2n) is 6.45. The zero-order valence-electron chi connectivity index (χ0n) is 15.0. The summed E-state index contributed by atoms with van der Waals surface area (Å²) < 4.78 is 1.88. The molecule has 1 atom stereocenters. The third kappa shape index (κ3) is 3.31. The highest BCUT2D eigenvalue weighted by atomic mass is 32.1. The maximum absolute atomic E-state index is 12.7. The molecule has 1 unspecified atom stereocenters. The lowest BCUT2D eigenvalue weighted by Crippen LogP contribution is -2.25. The van der Waals surface area contributed by atoms with Crippen LogP contribution in [0.1, 0.15) is 33.9 Å². The molecule has 2 aromatic carbocycles. The van der Waals surface area contributed by atoms with Crippen LogP contribution in [-0.4, -0.2) is 20.8 Å². The van der Waals surface area contributed by atoms with E-state index in [1.807, 2.05) is 61.0 Å². The summed E-state index contributed by atoms with van der Waals surface area (Å²) in [7, 11) is 0. The van der Waals surface area contributed by atoms with Crippen molar-refractivity contribution in [1.82, 2.24) is 15.1 Å². The number of thiophene rings is 1. The molecular weight excluding hydrogens is 358 g/mol. The summed E-state index contributed by atoms with van der Waals surface area (Å²) in [5.74, 6) is 0.0556. The Hall–Kier alpha value is -3.12. The number of nitrogens with zero attached hydrogens (tertiary/aromatic N) is 2. The maximum Gasteiger partial charge on any atom is 0.261 e. The number of phenolic OH excluding ortho intramolecular Hbond substituents is 1. The summed E-state index contributed by atoms with van der Waals surface area (Å²) in [5, 5.41) is 18.2. The summed E-state index contributed by atoms with van der Waals surface area (Å²) in [6, 6.07) is 18.5. The van der Waals surface area contributed by atoms with Crippen LogP contribution >= 0.6 is 11.3 Å². The fourth-order valence-corrected chi connectivity index (χ4v) is 4.13. The molecule has 6 heteroatoms. The summed E-state index contributed by atoms with van der Waals surface area (Å²) in [4.78, 5) is 14.3. The number of carbonyl (C=O) groups is 1. The van der Waals surface area contributed by atoms with E-state index in [0.717, 1.165) is 27.2 Å². The molecule has 0 fully saturated rings. The first kappa shape index (κ1) is 17.3. The Morgan fingerprint density at radius 2 is 1.93 bits per heavy atom. The van der Waals surface area contributed by atoms with Crippen molar-refractivity contribution in [1.29, 1.82) is 0 Å². The first-order valence-electron chi connectivity index (χ1n) is 8.67. The molecule has 136 valence electrons. The molecule has 0 bridgehead atoms. The van der Waals surface area contributed by atoms with Crippen LogP contribution < -0.4 is 5.32 Å². The predicted molar refractivity (Wildman–Crippen MR) is 108 cm³/mol. The van der Waals surface area contributed by atoms with Crippen LogP contribution in [0.15, 0.2) is 60.7 Å². The smallest absolute Gasteiger partial charge is 0.261 e. The van der Waals surface area contributed by atoms with Gasteiger partial charge in [0.05, 0.1) is 22.3 Å². The van der Waals surface area contributed by atoms with Crippen molar-refractivity contribution in [2.24, 2.45) is 0 Å². The van der Waals surface area contributed by atoms with E-state index in [-0.39, 0.29) is 17.7 Å². The van der Waals surface area contributed by atoms with Gasteiger partial charge in [0.1, 0.15) is 10.6 Å². The Balaban J connectivity index is 1.63. The van der Waals surface area contributed by atoms with Gasteiger partial charge in [-0.2, -0.15) is 5.10 Å². The number of hydrogen-bond acceptors (Lipinski definition) is 4. The minimum Gasteiger partial charge on any atom is -0.508 e. The normalized spacial score (nSPS) is 12.2. The van der Waals surface area contributed by atoms with Gasteiger partial charge in [0.2, 0.25) is 0 Å². The van der Waals surface area contributed by atoms with Gasteiger partial charge in [-0.15, -0.1) is 11.3 Å². The second kappa shape index (κ2) is 6.89. The molecular formula is C21H19N3O2S. The van der Waals surface area contributed by atoms with E-state index in [9.17, 15) is 9.90 Å². The van der Waals surface area contributed by atoms with Gasteiger partial charge in [-0.25, -0.2) is 4.68 Å². The summed E-state index contributed by atoms with van der Waals surface area (Å²) in [6.07, 6.45) is 0. The molecule has 0 aliphatic heterocycles. The van der Waals surface area contributed by atoms with Gasteiger partial charge >= 0.3 is 0 Å². The number of fused-ring (bicyclic) bond motifs is 1. The Labute approximate surface area is 160 Å². The van der Waals surface area contributed by atoms with E-state index in [2.05, 4.69) is 10.4 Å². The molecule has 1 amide bonds. The standard InChI is InChI=1S/C21H19N3O2S/c1-13(15-7-6-10-17(25)11-15)22-20(26)19-12-18-14(2)23-24(21(18)27-19)16-8-4-3-5-9-16/h3-13,25H,1-2H3,(H,22,26). The molecule has 27 heavy (non-hydrogen) atoms. The SMILES string of the molecule is Cc1nn(-c2ccccc2)c2sc(C(=O)NC(C)c3cccc(O)c3)cc12. The van der Waals surface area contributed by atoms with Crippen molar-refractivity contribution in [3.05, 3.63) is 76.8 Å². The zero-order chi connectivity index (χ0) is 19.0. The third-order valence-corrected chi connectivity index (χ3v) is 5.60. The first-order chi connectivity index (χ1) is 13.0. The maximum atomic E-state index is 12.7. The lowest BCUT2D eigenvalue weighted by Gasteiger charge is -2.13. The molecule has 0 radical (unpaired) electrons. The number of nitrogens with one attached hydrogen (secondary N) is 1. The van der Waals surface area contributed by atoms with Crippen LogP contribution in [0.3, 0.4) is 0 Å². The number of hydrogen-bond donors (Lipinski definition) is 2. The van der Waals surface area contributed by atoms with Gasteiger partial charge in [-0.3, -0.25) is 4.79 Å². The van der Waals surface area contributed by atoms with E-state index in [4.69, 9.17) is 0 Å². The van der Waals surface area contributed by atoms with Crippen molar-refractivity contribution < 1.29 is 9.90 Å². The topological polar surface area (TPSA) is 67.2 Å². The number of amides is 1. The van der Waals surface area contributed by atoms with Gasteiger partial charge in [0.15, 0.2) is 0 Å². The highest BCUT2D eigenvalue weighted by Crippen LogP contribution is 2.30. The Morgan fingerprint density at radius 3 is 2.67 bits per heavy atom. The Morgan fingerprint density at radius 1 is 1.15 bits per heavy atom. The molecule has 5 nitrogen and oxygen atoms in total. The van der Waals surface area contributed by atoms with Crippen LogP contribution in [0.2, 0.25) is 0 Å². The summed E-state index contributed by atoms with van der Waals surface area (Å²) in [5.41, 5.74) is 2.72. The minimum atomic E-state index is -0.207. The predicted octanol–water partition coefficient (Wildman–Crippen LogP) is 4.59.